The molecule has 16 nitrogen and oxygen atoms in total. The zero-order chi connectivity index (χ0) is 94.0. The predicted molar refractivity (Wildman–Crippen MR) is 516 cm³/mol. The van der Waals surface area contributed by atoms with Crippen molar-refractivity contribution in [3.8, 4) is 65.5 Å². The Balaban J connectivity index is 0.000000754. The van der Waals surface area contributed by atoms with Gasteiger partial charge in [0.15, 0.2) is 0 Å². The fraction of sp³-hybridized carbons (Fsp3) is 0.215. The van der Waals surface area contributed by atoms with Crippen LogP contribution in [0, 0.1) is 59.7 Å². The van der Waals surface area contributed by atoms with E-state index in [1.54, 1.807) is 144 Å². The molecule has 10 unspecified atom stereocenters. The Hall–Kier alpha value is -8.24. The minimum atomic E-state index is -0.649. The van der Waals surface area contributed by atoms with Crippen molar-refractivity contribution in [2.24, 2.45) is 0 Å². The molecule has 0 aliphatic carbocycles. The Morgan fingerprint density at radius 2 is 0.507 bits per heavy atom. The number of benzene rings is 8. The fourth-order valence-electron chi connectivity index (χ4n) is 11.8. The summed E-state index contributed by atoms with van der Waals surface area (Å²) >= 11 is 5.20. The van der Waals surface area contributed by atoms with Crippen LogP contribution < -0.4 is 0 Å². The second-order valence-corrected chi connectivity index (χ2v) is 32.8. The van der Waals surface area contributed by atoms with Crippen molar-refractivity contribution in [3.63, 3.8) is 0 Å². The van der Waals surface area contributed by atoms with Gasteiger partial charge in [0.1, 0.15) is 0 Å². The normalized spacial score (nSPS) is 12.1. The number of hydrogen-bond acceptors (Lipinski definition) is 19. The van der Waals surface area contributed by atoms with E-state index in [1.807, 2.05) is 195 Å². The zero-order valence-corrected chi connectivity index (χ0v) is 92.2. The first-order valence-electron chi connectivity index (χ1n) is 41.9. The molecule has 0 bridgehead atoms. The topological polar surface area (TPSA) is 280 Å². The van der Waals surface area contributed by atoms with Gasteiger partial charge in [0.25, 0.3) is 0 Å². The number of halogens is 4. The Bertz CT molecular complexity index is 5300. The average molecular weight is 2960 g/mol. The van der Waals surface area contributed by atoms with Crippen molar-refractivity contribution in [2.75, 3.05) is 0 Å². The molecular weight excluding hydrogens is 2850 g/mol. The Morgan fingerprint density at radius 1 is 0.265 bits per heavy atom. The van der Waals surface area contributed by atoms with Crippen LogP contribution in [0.2, 0.25) is 0 Å². The monoisotopic (exact) mass is 2970 g/mol. The summed E-state index contributed by atoms with van der Waals surface area (Å²) in [7, 11) is 0. The van der Waals surface area contributed by atoms with Crippen molar-refractivity contribution in [1.29, 1.82) is 0 Å². The van der Waals surface area contributed by atoms with Gasteiger partial charge in [-0.2, -0.15) is 0 Å². The van der Waals surface area contributed by atoms with Gasteiger partial charge in [-0.1, -0.05) is 193 Å². The molecule has 17 rings (SSSR count). The summed E-state index contributed by atoms with van der Waals surface area (Å²) < 4.78 is 55.4. The molecule has 29 heteroatoms. The number of hydrogen-bond donors (Lipinski definition) is 10. The smallest absolute Gasteiger partial charge is 0.0818 e. The number of thiophene rings is 3. The molecule has 0 aliphatic rings. The van der Waals surface area contributed by atoms with Gasteiger partial charge in [-0.05, 0) is 174 Å². The van der Waals surface area contributed by atoms with Crippen molar-refractivity contribution < 1.29 is 189 Å². The van der Waals surface area contributed by atoms with E-state index in [0.29, 0.717) is 43.5 Å². The number of fused-ring (bicyclic) bond motifs is 3. The second kappa shape index (κ2) is 71.2. The maximum absolute atomic E-state index is 13.2. The van der Waals surface area contributed by atoms with Crippen LogP contribution in [0.25, 0.3) is 95.7 Å². The van der Waals surface area contributed by atoms with Gasteiger partial charge in [0.05, 0.1) is 61.0 Å². The van der Waals surface area contributed by atoms with Crippen molar-refractivity contribution in [3.05, 3.63) is 399 Å². The van der Waals surface area contributed by atoms with Crippen molar-refractivity contribution >= 4 is 64.3 Å². The van der Waals surface area contributed by atoms with Crippen LogP contribution in [0.1, 0.15) is 111 Å². The average Bonchev–Trinajstić information content (AvgIpc) is 1.63. The molecule has 0 saturated carbocycles. The van der Waals surface area contributed by atoms with E-state index < -0.39 is 35.5 Å². The molecule has 0 aliphatic heterocycles. The molecule has 0 spiro atoms. The van der Waals surface area contributed by atoms with Gasteiger partial charge in [-0.15, -0.1) is 131 Å². The van der Waals surface area contributed by atoms with Gasteiger partial charge in [0, 0.05) is 205 Å². The summed E-state index contributed by atoms with van der Waals surface area (Å²) in [4.78, 5) is 28.4. The summed E-state index contributed by atoms with van der Waals surface area (Å²) in [5.74, 6) is -2.57. The molecule has 0 fully saturated rings. The minimum absolute atomic E-state index is 0. The minimum Gasteiger partial charge on any atom is -0.393 e. The van der Waals surface area contributed by atoms with Crippen LogP contribution in [0.5, 0.6) is 0 Å². The van der Waals surface area contributed by atoms with Gasteiger partial charge >= 0.3 is 0 Å². The van der Waals surface area contributed by atoms with Crippen LogP contribution in [0.4, 0.5) is 17.6 Å². The van der Waals surface area contributed by atoms with Crippen molar-refractivity contribution in [2.45, 2.75) is 149 Å². The molecule has 0 amide bonds. The van der Waals surface area contributed by atoms with E-state index in [4.69, 9.17) is 40.9 Å². The third-order valence-corrected chi connectivity index (χ3v) is 20.8. The van der Waals surface area contributed by atoms with Crippen LogP contribution in [-0.2, 0) is 121 Å². The molecule has 17 aromatic rings. The molecule has 0 saturated heterocycles. The van der Waals surface area contributed by atoms with Crippen LogP contribution >= 0.6 is 34.0 Å². The van der Waals surface area contributed by atoms with E-state index in [2.05, 4.69) is 121 Å². The second-order valence-electron chi connectivity index (χ2n) is 29.6. The molecule has 732 valence electrons. The first kappa shape index (κ1) is 126. The van der Waals surface area contributed by atoms with Gasteiger partial charge < -0.3 is 81.0 Å². The predicted octanol–water partition coefficient (Wildman–Crippen LogP) is 22.9. The van der Waals surface area contributed by atoms with E-state index in [-0.39, 0.29) is 181 Å². The van der Waals surface area contributed by atoms with Gasteiger partial charge in [-0.25, -0.2) is 34.0 Å². The van der Waals surface area contributed by atoms with E-state index in [0.717, 1.165) is 78.4 Å². The Labute approximate surface area is 887 Å². The molecular formula is C107H108F4Ir6N6O10S3-6. The molecule has 10 atom stereocenters. The summed E-state index contributed by atoms with van der Waals surface area (Å²) in [5.41, 5.74) is 7.95. The number of nitrogens with zero attached hydrogens (tertiary/aromatic N) is 6. The van der Waals surface area contributed by atoms with E-state index in [9.17, 15) is 27.8 Å². The molecule has 6 radical (unpaired) electrons. The zero-order valence-electron chi connectivity index (χ0n) is 75.4. The summed E-state index contributed by atoms with van der Waals surface area (Å²) in [6.07, 6.45) is 8.26. The maximum Gasteiger partial charge on any atom is 0.0818 e. The van der Waals surface area contributed by atoms with Crippen molar-refractivity contribution in [1.82, 2.24) is 29.9 Å². The molecule has 9 heterocycles. The number of aliphatic hydroxyl groups is 10. The van der Waals surface area contributed by atoms with Crippen LogP contribution in [0.3, 0.4) is 0 Å². The first-order valence-corrected chi connectivity index (χ1v) is 44.4. The van der Waals surface area contributed by atoms with E-state index >= 15 is 0 Å². The summed E-state index contributed by atoms with van der Waals surface area (Å²) in [6, 6.07) is 107. The number of aromatic nitrogens is 6. The Morgan fingerprint density at radius 3 is 0.735 bits per heavy atom. The maximum atomic E-state index is 13.2. The molecule has 8 aromatic carbocycles. The summed E-state index contributed by atoms with van der Waals surface area (Å²) in [5, 5.41) is 92.0. The quantitative estimate of drug-likeness (QED) is 0.0282. The SMILES string of the molecule is CC(O)CC(C)O.CC(O)CC(C)O.CC(O)CC(C)O.CC(O)CC(C)O.Fc1c[c-]c(-c2ccccn2)c(F)c1.Fc1c[c-]c(-c2ccccn2)c(F)c1.OC(CC(O)c1ccccc1)c1ccccc1.[Ir].[Ir].[Ir].[Ir].[Ir].[Ir].[c-]1c(-c2ccccn2)sc2ccccc12.[c-]1c(-c2ccccn2)sc2ccccc12.[c-]1c(-c2ccccn2)sc2ccccc12.[c-]1ccccc1-c1ccccn1. The van der Waals surface area contributed by atoms with E-state index in [1.165, 1.54) is 30.3 Å². The fourth-order valence-corrected chi connectivity index (χ4v) is 14.7. The van der Waals surface area contributed by atoms with Gasteiger partial charge in [0.2, 0.25) is 0 Å². The number of rotatable bonds is 18. The molecule has 9 aromatic heterocycles. The standard InChI is InChI=1S/C15H16O2.3C13H8NS.2C11H6F2N.C11H8N.4C5H12O2.6Ir/c16-14(12-7-3-1-4-8-12)11-15(17)13-9-5-2-6-10-13;3*1-2-7-12-10(5-1)9-13(15-12)11-6-3-4-8-14-11;2*12-8-4-5-9(10(13)7-8)11-3-1-2-6-14-11;1-2-6-10(7-3-1)11-8-4-5-9-12-11;4*1-4(6)3-5(2)7;;;;;;/h1-10,14-17H,11H2;3*1-8H;2*1-4,6-7H;1-6,8-9H;4*4-7H,3H2,1-2H3;;;;;;/q;6*-1;;;;;;;;;;. The third-order valence-electron chi connectivity index (χ3n) is 17.5. The third kappa shape index (κ3) is 49.5. The molecule has 10 N–H and O–H groups in total. The van der Waals surface area contributed by atoms with Gasteiger partial charge in [-0.3, -0.25) is 17.6 Å². The molecule has 136 heavy (non-hydrogen) atoms. The first-order chi connectivity index (χ1) is 62.6. The number of pyridine rings is 6. The number of aliphatic hydroxyl groups excluding tert-OH is 10. The van der Waals surface area contributed by atoms with Crippen LogP contribution in [-0.4, -0.2) is 130 Å². The largest absolute Gasteiger partial charge is 0.393 e. The van der Waals surface area contributed by atoms with Crippen LogP contribution in [0.15, 0.2) is 328 Å². The Kier molecular flexibility index (Phi) is 65.9. The summed E-state index contributed by atoms with van der Waals surface area (Å²) in [6.45, 7) is 13.3.